The van der Waals surface area contributed by atoms with Crippen molar-refractivity contribution in [3.63, 3.8) is 0 Å². The molecule has 2 aliphatic carbocycles. The highest BCUT2D eigenvalue weighted by molar-refractivity contribution is 6.01. The summed E-state index contributed by atoms with van der Waals surface area (Å²) in [6.45, 7) is 6.06. The number of hydrogen-bond donors (Lipinski definition) is 1. The first-order valence-corrected chi connectivity index (χ1v) is 10.4. The molecule has 1 N–H and O–H groups in total. The van der Waals surface area contributed by atoms with Crippen LogP contribution < -0.4 is 5.32 Å². The van der Waals surface area contributed by atoms with Crippen molar-refractivity contribution in [3.8, 4) is 0 Å². The van der Waals surface area contributed by atoms with E-state index in [4.69, 9.17) is 0 Å². The van der Waals surface area contributed by atoms with Crippen LogP contribution in [0, 0.1) is 5.92 Å². The van der Waals surface area contributed by atoms with E-state index in [9.17, 15) is 4.79 Å². The van der Waals surface area contributed by atoms with Gasteiger partial charge in [0.25, 0.3) is 5.91 Å². The minimum absolute atomic E-state index is 0.00219. The minimum atomic E-state index is -0.246. The Balaban J connectivity index is 1.92. The van der Waals surface area contributed by atoms with Crippen LogP contribution in [0.3, 0.4) is 0 Å². The Labute approximate surface area is 164 Å². The van der Waals surface area contributed by atoms with E-state index in [-0.39, 0.29) is 11.4 Å². The van der Waals surface area contributed by atoms with Gasteiger partial charge >= 0.3 is 0 Å². The highest BCUT2D eigenvalue weighted by atomic mass is 16.1. The molecule has 1 amide bonds. The van der Waals surface area contributed by atoms with Crippen molar-refractivity contribution >= 4 is 11.5 Å². The number of amides is 1. The van der Waals surface area contributed by atoms with Gasteiger partial charge in [-0.2, -0.15) is 0 Å². The summed E-state index contributed by atoms with van der Waals surface area (Å²) in [6, 6.07) is 8.02. The largest absolute Gasteiger partial charge is 0.347 e. The van der Waals surface area contributed by atoms with Crippen molar-refractivity contribution < 1.29 is 4.79 Å². The topological polar surface area (TPSA) is 29.1 Å². The normalized spacial score (nSPS) is 20.3. The molecule has 144 valence electrons. The maximum Gasteiger partial charge on any atom is 0.252 e. The van der Waals surface area contributed by atoms with E-state index in [2.05, 4.69) is 35.7 Å². The number of carbonyl (C=O) groups is 1. The van der Waals surface area contributed by atoms with Gasteiger partial charge in [-0.25, -0.2) is 0 Å². The first kappa shape index (κ1) is 19.7. The van der Waals surface area contributed by atoms with Crippen molar-refractivity contribution in [2.24, 2.45) is 5.92 Å². The van der Waals surface area contributed by atoms with Crippen LogP contribution in [0.5, 0.6) is 0 Å². The highest BCUT2D eigenvalue weighted by Gasteiger charge is 2.21. The van der Waals surface area contributed by atoms with E-state index in [0.717, 1.165) is 17.5 Å². The molecule has 0 bridgehead atoms. The Bertz CT molecular complexity index is 753. The average Bonchev–Trinajstić information content (AvgIpc) is 2.89. The molecular formula is C25H33NO. The minimum Gasteiger partial charge on any atom is -0.347 e. The molecule has 0 unspecified atom stereocenters. The van der Waals surface area contributed by atoms with Gasteiger partial charge in [0.05, 0.1) is 0 Å². The molecule has 3 rings (SSSR count). The third kappa shape index (κ3) is 5.45. The van der Waals surface area contributed by atoms with Crippen LogP contribution in [0.15, 0.2) is 54.1 Å². The van der Waals surface area contributed by atoms with Gasteiger partial charge in [0.1, 0.15) is 0 Å². The number of hydrogen-bond acceptors (Lipinski definition) is 1. The van der Waals surface area contributed by atoms with E-state index in [1.807, 2.05) is 39.0 Å². The number of nitrogens with one attached hydrogen (secondary N) is 1. The molecule has 27 heavy (non-hydrogen) atoms. The monoisotopic (exact) mass is 363 g/mol. The van der Waals surface area contributed by atoms with Crippen molar-refractivity contribution in [2.75, 3.05) is 0 Å². The van der Waals surface area contributed by atoms with Crippen LogP contribution in [-0.4, -0.2) is 11.4 Å². The van der Waals surface area contributed by atoms with E-state index < -0.39 is 0 Å². The smallest absolute Gasteiger partial charge is 0.252 e. The first-order chi connectivity index (χ1) is 12.9. The number of allylic oxidation sites excluding steroid dienone is 6. The Morgan fingerprint density at radius 1 is 1.07 bits per heavy atom. The molecule has 1 aromatic carbocycles. The summed E-state index contributed by atoms with van der Waals surface area (Å²) < 4.78 is 0. The molecule has 0 spiro atoms. The van der Waals surface area contributed by atoms with Crippen molar-refractivity contribution in [3.05, 3.63) is 65.3 Å². The first-order valence-electron chi connectivity index (χ1n) is 10.4. The number of benzene rings is 1. The van der Waals surface area contributed by atoms with Crippen LogP contribution in [0.2, 0.25) is 0 Å². The van der Waals surface area contributed by atoms with E-state index in [1.165, 1.54) is 49.7 Å². The molecule has 2 heteroatoms. The summed E-state index contributed by atoms with van der Waals surface area (Å²) in [4.78, 5) is 12.9. The molecule has 0 heterocycles. The maximum absolute atomic E-state index is 12.9. The Morgan fingerprint density at radius 2 is 1.78 bits per heavy atom. The Hall–Kier alpha value is -2.09. The van der Waals surface area contributed by atoms with Crippen LogP contribution in [0.25, 0.3) is 5.57 Å². The predicted octanol–water partition coefficient (Wildman–Crippen LogP) is 6.46. The van der Waals surface area contributed by atoms with Gasteiger partial charge < -0.3 is 5.32 Å². The van der Waals surface area contributed by atoms with Crippen LogP contribution in [-0.2, 0) is 0 Å². The molecule has 0 aromatic heterocycles. The summed E-state index contributed by atoms with van der Waals surface area (Å²) in [6.07, 6.45) is 18.0. The molecule has 0 radical (unpaired) electrons. The lowest BCUT2D eigenvalue weighted by atomic mass is 9.85. The second kappa shape index (κ2) is 8.73. The molecule has 0 aliphatic heterocycles. The quantitative estimate of drug-likeness (QED) is 0.614. The molecule has 2 aliphatic rings. The zero-order valence-electron chi connectivity index (χ0n) is 17.1. The van der Waals surface area contributed by atoms with Crippen molar-refractivity contribution in [1.82, 2.24) is 5.32 Å². The molecule has 1 aromatic rings. The molecule has 1 saturated carbocycles. The average molecular weight is 364 g/mol. The lowest BCUT2D eigenvalue weighted by Gasteiger charge is -2.23. The number of carbonyl (C=O) groups excluding carboxylic acids is 1. The third-order valence-electron chi connectivity index (χ3n) is 5.37. The second-order valence-corrected chi connectivity index (χ2v) is 8.91. The summed E-state index contributed by atoms with van der Waals surface area (Å²) in [5.41, 5.74) is 4.15. The van der Waals surface area contributed by atoms with Crippen LogP contribution >= 0.6 is 0 Å². The van der Waals surface area contributed by atoms with E-state index >= 15 is 0 Å². The van der Waals surface area contributed by atoms with Gasteiger partial charge in [-0.15, -0.1) is 0 Å². The second-order valence-electron chi connectivity index (χ2n) is 8.91. The predicted molar refractivity (Wildman–Crippen MR) is 115 cm³/mol. The lowest BCUT2D eigenvalue weighted by Crippen LogP contribution is -2.40. The van der Waals surface area contributed by atoms with Gasteiger partial charge in [-0.05, 0) is 68.7 Å². The van der Waals surface area contributed by atoms with E-state index in [0.29, 0.717) is 5.92 Å². The van der Waals surface area contributed by atoms with Crippen LogP contribution in [0.1, 0.15) is 81.6 Å². The molecule has 1 fully saturated rings. The molecule has 0 atom stereocenters. The van der Waals surface area contributed by atoms with Gasteiger partial charge in [-0.3, -0.25) is 4.79 Å². The van der Waals surface area contributed by atoms with Gasteiger partial charge in [0.15, 0.2) is 0 Å². The van der Waals surface area contributed by atoms with Gasteiger partial charge in [0.2, 0.25) is 0 Å². The molecular weight excluding hydrogens is 330 g/mol. The zero-order chi connectivity index (χ0) is 19.3. The van der Waals surface area contributed by atoms with Crippen molar-refractivity contribution in [2.45, 2.75) is 71.3 Å². The lowest BCUT2D eigenvalue weighted by molar-refractivity contribution is 0.0919. The highest BCUT2D eigenvalue weighted by Crippen LogP contribution is 2.34. The van der Waals surface area contributed by atoms with Gasteiger partial charge in [0, 0.05) is 11.1 Å². The molecule has 0 saturated heterocycles. The summed E-state index contributed by atoms with van der Waals surface area (Å²) >= 11 is 0. The number of rotatable bonds is 3. The van der Waals surface area contributed by atoms with Crippen molar-refractivity contribution in [1.29, 1.82) is 0 Å². The fraction of sp³-hybridized carbons (Fsp3) is 0.480. The third-order valence-corrected chi connectivity index (χ3v) is 5.37. The SMILES string of the molecule is CC(C)(C)NC(=O)c1ccccc1C1=CC=CCC1=CC1CCCCCC1. The van der Waals surface area contributed by atoms with Crippen LogP contribution in [0.4, 0.5) is 0 Å². The maximum atomic E-state index is 12.9. The Kier molecular flexibility index (Phi) is 6.36. The van der Waals surface area contributed by atoms with E-state index in [1.54, 1.807) is 0 Å². The zero-order valence-corrected chi connectivity index (χ0v) is 17.1. The fourth-order valence-electron chi connectivity index (χ4n) is 4.08. The Morgan fingerprint density at radius 3 is 2.48 bits per heavy atom. The standard InChI is InChI=1S/C25H33NO/c1-25(2,3)26-24(27)23-17-11-10-16-22(23)21-15-9-8-14-20(21)18-19-12-6-4-5-7-13-19/h8-11,15-19H,4-7,12-14H2,1-3H3,(H,26,27). The van der Waals surface area contributed by atoms with Gasteiger partial charge in [-0.1, -0.05) is 68.2 Å². The summed E-state index contributed by atoms with van der Waals surface area (Å²) in [7, 11) is 0. The summed E-state index contributed by atoms with van der Waals surface area (Å²) in [5, 5.41) is 3.12. The fourth-order valence-corrected chi connectivity index (χ4v) is 4.08. The summed E-state index contributed by atoms with van der Waals surface area (Å²) in [5.74, 6) is 0.676. The molecule has 2 nitrogen and oxygen atoms in total.